The van der Waals surface area contributed by atoms with E-state index in [0.29, 0.717) is 11.4 Å². The van der Waals surface area contributed by atoms with Crippen LogP contribution in [0.5, 0.6) is 0 Å². The normalized spacial score (nSPS) is 10.8. The van der Waals surface area contributed by atoms with Gasteiger partial charge in [-0.25, -0.2) is 9.67 Å². The molecule has 0 amide bonds. The van der Waals surface area contributed by atoms with Crippen molar-refractivity contribution < 1.29 is 4.79 Å². The average molecular weight is 251 g/mol. The van der Waals surface area contributed by atoms with Gasteiger partial charge in [-0.05, 0) is 32.0 Å². The van der Waals surface area contributed by atoms with E-state index in [1.165, 1.54) is 0 Å². The first-order chi connectivity index (χ1) is 9.19. The Balaban J connectivity index is 2.33. The zero-order valence-corrected chi connectivity index (χ0v) is 10.8. The Morgan fingerprint density at radius 2 is 1.95 bits per heavy atom. The SMILES string of the molecule is Cc1cc(C)n(-c2nc3ccccc3cc2C=O)n1. The maximum Gasteiger partial charge on any atom is 0.164 e. The van der Waals surface area contributed by atoms with Crippen molar-refractivity contribution in [2.24, 2.45) is 0 Å². The molecule has 0 atom stereocenters. The van der Waals surface area contributed by atoms with E-state index in [2.05, 4.69) is 10.1 Å². The summed E-state index contributed by atoms with van der Waals surface area (Å²) in [4.78, 5) is 15.8. The quantitative estimate of drug-likeness (QED) is 0.658. The standard InChI is InChI=1S/C15H13N3O/c1-10-7-11(2)18(17-10)15-13(9-19)8-12-5-3-4-6-14(12)16-15/h3-9H,1-2H3. The van der Waals surface area contributed by atoms with Gasteiger partial charge in [0, 0.05) is 11.1 Å². The summed E-state index contributed by atoms with van der Waals surface area (Å²) in [5, 5.41) is 5.34. The number of carbonyl (C=O) groups is 1. The van der Waals surface area contributed by atoms with Crippen molar-refractivity contribution in [1.82, 2.24) is 14.8 Å². The average Bonchev–Trinajstić information content (AvgIpc) is 2.76. The highest BCUT2D eigenvalue weighted by molar-refractivity contribution is 5.89. The van der Waals surface area contributed by atoms with Crippen LogP contribution in [0.2, 0.25) is 0 Å². The van der Waals surface area contributed by atoms with Crippen molar-refractivity contribution in [2.45, 2.75) is 13.8 Å². The maximum atomic E-state index is 11.3. The number of benzene rings is 1. The first-order valence-electron chi connectivity index (χ1n) is 6.07. The first kappa shape index (κ1) is 11.6. The third-order valence-electron chi connectivity index (χ3n) is 3.07. The van der Waals surface area contributed by atoms with Crippen LogP contribution in [0.3, 0.4) is 0 Å². The van der Waals surface area contributed by atoms with Crippen LogP contribution in [-0.4, -0.2) is 21.1 Å². The minimum absolute atomic E-state index is 0.546. The van der Waals surface area contributed by atoms with Crippen LogP contribution in [-0.2, 0) is 0 Å². The zero-order valence-electron chi connectivity index (χ0n) is 10.8. The van der Waals surface area contributed by atoms with E-state index in [-0.39, 0.29) is 0 Å². The Morgan fingerprint density at radius 3 is 2.63 bits per heavy atom. The van der Waals surface area contributed by atoms with Crippen LogP contribution < -0.4 is 0 Å². The van der Waals surface area contributed by atoms with Crippen molar-refractivity contribution in [3.05, 3.63) is 53.3 Å². The van der Waals surface area contributed by atoms with E-state index in [1.54, 1.807) is 4.68 Å². The Labute approximate surface area is 110 Å². The highest BCUT2D eigenvalue weighted by Crippen LogP contribution is 2.19. The fraction of sp³-hybridized carbons (Fsp3) is 0.133. The van der Waals surface area contributed by atoms with E-state index in [4.69, 9.17) is 0 Å². The molecule has 2 aromatic heterocycles. The van der Waals surface area contributed by atoms with Gasteiger partial charge < -0.3 is 0 Å². The second-order valence-corrected chi connectivity index (χ2v) is 4.55. The number of hydrogen-bond acceptors (Lipinski definition) is 3. The minimum Gasteiger partial charge on any atom is -0.298 e. The molecule has 0 bridgehead atoms. The molecule has 0 aliphatic heterocycles. The molecule has 0 saturated heterocycles. The number of fused-ring (bicyclic) bond motifs is 1. The van der Waals surface area contributed by atoms with E-state index < -0.39 is 0 Å². The number of hydrogen-bond donors (Lipinski definition) is 0. The molecule has 4 heteroatoms. The van der Waals surface area contributed by atoms with Crippen LogP contribution in [0, 0.1) is 13.8 Å². The highest BCUT2D eigenvalue weighted by Gasteiger charge is 2.11. The topological polar surface area (TPSA) is 47.8 Å². The predicted molar refractivity (Wildman–Crippen MR) is 73.7 cm³/mol. The third-order valence-corrected chi connectivity index (χ3v) is 3.07. The van der Waals surface area contributed by atoms with Crippen LogP contribution in [0.1, 0.15) is 21.7 Å². The molecule has 0 radical (unpaired) electrons. The molecule has 94 valence electrons. The van der Waals surface area contributed by atoms with Crippen LogP contribution in [0.25, 0.3) is 16.7 Å². The Morgan fingerprint density at radius 1 is 1.16 bits per heavy atom. The first-order valence-corrected chi connectivity index (χ1v) is 6.07. The summed E-state index contributed by atoms with van der Waals surface area (Å²) in [7, 11) is 0. The Bertz CT molecular complexity index is 774. The molecular weight excluding hydrogens is 238 g/mol. The van der Waals surface area contributed by atoms with Crippen LogP contribution in [0.15, 0.2) is 36.4 Å². The summed E-state index contributed by atoms with van der Waals surface area (Å²) in [6, 6.07) is 11.6. The fourth-order valence-corrected chi connectivity index (χ4v) is 2.22. The van der Waals surface area contributed by atoms with Gasteiger partial charge in [0.15, 0.2) is 12.1 Å². The molecule has 19 heavy (non-hydrogen) atoms. The number of rotatable bonds is 2. The summed E-state index contributed by atoms with van der Waals surface area (Å²) >= 11 is 0. The molecule has 0 spiro atoms. The number of pyridine rings is 1. The van der Waals surface area contributed by atoms with Gasteiger partial charge in [0.2, 0.25) is 0 Å². The van der Waals surface area contributed by atoms with Crippen molar-refractivity contribution in [3.63, 3.8) is 0 Å². The lowest BCUT2D eigenvalue weighted by Gasteiger charge is -2.08. The fourth-order valence-electron chi connectivity index (χ4n) is 2.22. The monoisotopic (exact) mass is 251 g/mol. The number of aryl methyl sites for hydroxylation is 2. The summed E-state index contributed by atoms with van der Waals surface area (Å²) < 4.78 is 1.71. The molecule has 0 fully saturated rings. The lowest BCUT2D eigenvalue weighted by molar-refractivity contribution is 0.112. The number of nitrogens with zero attached hydrogens (tertiary/aromatic N) is 3. The molecule has 0 saturated carbocycles. The lowest BCUT2D eigenvalue weighted by Crippen LogP contribution is -2.06. The third kappa shape index (κ3) is 1.91. The van der Waals surface area contributed by atoms with Gasteiger partial charge in [-0.3, -0.25) is 4.79 Å². The summed E-state index contributed by atoms with van der Waals surface area (Å²) in [5.74, 6) is 0.583. The number of para-hydroxylation sites is 1. The molecule has 1 aromatic carbocycles. The summed E-state index contributed by atoms with van der Waals surface area (Å²) in [6.45, 7) is 3.87. The van der Waals surface area contributed by atoms with Crippen molar-refractivity contribution >= 4 is 17.2 Å². The van der Waals surface area contributed by atoms with Gasteiger partial charge in [0.1, 0.15) is 0 Å². The van der Waals surface area contributed by atoms with Gasteiger partial charge in [0.05, 0.1) is 16.8 Å². The van der Waals surface area contributed by atoms with Gasteiger partial charge >= 0.3 is 0 Å². The number of aromatic nitrogens is 3. The van der Waals surface area contributed by atoms with Crippen LogP contribution in [0.4, 0.5) is 0 Å². The highest BCUT2D eigenvalue weighted by atomic mass is 16.1. The maximum absolute atomic E-state index is 11.3. The second-order valence-electron chi connectivity index (χ2n) is 4.55. The number of aldehydes is 1. The predicted octanol–water partition coefficient (Wildman–Crippen LogP) is 2.85. The summed E-state index contributed by atoms with van der Waals surface area (Å²) in [5.41, 5.74) is 3.27. The molecule has 3 aromatic rings. The number of carbonyl (C=O) groups excluding carboxylic acids is 1. The molecule has 4 nitrogen and oxygen atoms in total. The van der Waals surface area contributed by atoms with E-state index in [0.717, 1.165) is 28.6 Å². The largest absolute Gasteiger partial charge is 0.298 e. The smallest absolute Gasteiger partial charge is 0.164 e. The molecule has 2 heterocycles. The van der Waals surface area contributed by atoms with Gasteiger partial charge in [0.25, 0.3) is 0 Å². The molecular formula is C15H13N3O. The van der Waals surface area contributed by atoms with Crippen molar-refractivity contribution in [1.29, 1.82) is 0 Å². The molecule has 0 aliphatic carbocycles. The zero-order chi connectivity index (χ0) is 13.4. The lowest BCUT2D eigenvalue weighted by atomic mass is 10.1. The van der Waals surface area contributed by atoms with E-state index in [1.807, 2.05) is 50.2 Å². The van der Waals surface area contributed by atoms with E-state index in [9.17, 15) is 4.79 Å². The summed E-state index contributed by atoms with van der Waals surface area (Å²) in [6.07, 6.45) is 0.825. The molecule has 0 unspecified atom stereocenters. The van der Waals surface area contributed by atoms with E-state index >= 15 is 0 Å². The van der Waals surface area contributed by atoms with Crippen LogP contribution >= 0.6 is 0 Å². The Hall–Kier alpha value is -2.49. The molecule has 0 aliphatic rings. The second kappa shape index (κ2) is 4.31. The van der Waals surface area contributed by atoms with Crippen molar-refractivity contribution in [2.75, 3.05) is 0 Å². The van der Waals surface area contributed by atoms with Gasteiger partial charge in [-0.2, -0.15) is 5.10 Å². The minimum atomic E-state index is 0.546. The van der Waals surface area contributed by atoms with Gasteiger partial charge in [-0.1, -0.05) is 18.2 Å². The van der Waals surface area contributed by atoms with Gasteiger partial charge in [-0.15, -0.1) is 0 Å². The Kier molecular flexibility index (Phi) is 2.63. The van der Waals surface area contributed by atoms with Crippen molar-refractivity contribution in [3.8, 4) is 5.82 Å². The molecule has 3 rings (SSSR count). The molecule has 0 N–H and O–H groups in total.